The molecule has 0 rings (SSSR count). The Morgan fingerprint density at radius 3 is 1.27 bits per heavy atom. The molecule has 0 unspecified atom stereocenters. The zero-order chi connectivity index (χ0) is 24.1. The van der Waals surface area contributed by atoms with Gasteiger partial charge in [-0.15, -0.1) is 0 Å². The molecule has 0 atom stereocenters. The number of carbonyl (C=O) groups excluding carboxylic acids is 1. The van der Waals surface area contributed by atoms with Crippen molar-refractivity contribution >= 4 is 5.97 Å². The van der Waals surface area contributed by atoms with Gasteiger partial charge in [0.25, 0.3) is 0 Å². The largest absolute Gasteiger partial charge is 0.466 e. The van der Waals surface area contributed by atoms with Crippen LogP contribution in [0.3, 0.4) is 0 Å². The summed E-state index contributed by atoms with van der Waals surface area (Å²) < 4.78 is 27.3. The first-order valence-corrected chi connectivity index (χ1v) is 13.8. The van der Waals surface area contributed by atoms with Gasteiger partial charge in [-0.3, -0.25) is 4.79 Å². The maximum Gasteiger partial charge on any atom is 0.305 e. The lowest BCUT2D eigenvalue weighted by Crippen LogP contribution is -2.12. The second-order valence-corrected chi connectivity index (χ2v) is 8.66. The van der Waals surface area contributed by atoms with E-state index < -0.39 is 0 Å². The molecule has 0 spiro atoms. The minimum atomic E-state index is -0.115. The Morgan fingerprint density at radius 1 is 0.424 bits per heavy atom. The average molecular weight is 475 g/mol. The molecular formula is C27H54O6. The molecule has 0 aromatic carbocycles. The van der Waals surface area contributed by atoms with Gasteiger partial charge in [0, 0.05) is 19.6 Å². The molecule has 0 aliphatic carbocycles. The molecule has 0 saturated heterocycles. The zero-order valence-corrected chi connectivity index (χ0v) is 21.9. The van der Waals surface area contributed by atoms with E-state index >= 15 is 0 Å². The summed E-state index contributed by atoms with van der Waals surface area (Å²) in [5.74, 6) is -0.115. The molecule has 0 aromatic heterocycles. The predicted molar refractivity (Wildman–Crippen MR) is 135 cm³/mol. The smallest absolute Gasteiger partial charge is 0.305 e. The van der Waals surface area contributed by atoms with Gasteiger partial charge in [-0.2, -0.15) is 0 Å². The van der Waals surface area contributed by atoms with Crippen LogP contribution in [0.25, 0.3) is 0 Å². The van der Waals surface area contributed by atoms with Crippen molar-refractivity contribution in [2.45, 2.75) is 110 Å². The molecule has 0 aromatic rings. The van der Waals surface area contributed by atoms with Gasteiger partial charge in [0.1, 0.15) is 0 Å². The van der Waals surface area contributed by atoms with Crippen molar-refractivity contribution in [3.8, 4) is 0 Å². The van der Waals surface area contributed by atoms with E-state index in [1.165, 1.54) is 64.2 Å². The molecule has 0 N–H and O–H groups in total. The second-order valence-electron chi connectivity index (χ2n) is 8.66. The highest BCUT2D eigenvalue weighted by atomic mass is 16.6. The normalized spacial score (nSPS) is 11.2. The minimum Gasteiger partial charge on any atom is -0.466 e. The van der Waals surface area contributed by atoms with Gasteiger partial charge in [0.15, 0.2) is 0 Å². The summed E-state index contributed by atoms with van der Waals surface area (Å²) in [6, 6.07) is 0. The van der Waals surface area contributed by atoms with Crippen LogP contribution in [0.1, 0.15) is 110 Å². The van der Waals surface area contributed by atoms with Crippen LogP contribution in [0.5, 0.6) is 0 Å². The first-order chi connectivity index (χ1) is 16.3. The SMILES string of the molecule is CCCCCCCCCCOC(=O)CCCOCCOCCOCCOCCCCCCC. The molecule has 0 radical (unpaired) electrons. The Bertz CT molecular complexity index is 378. The van der Waals surface area contributed by atoms with Gasteiger partial charge in [-0.1, -0.05) is 84.5 Å². The van der Waals surface area contributed by atoms with Gasteiger partial charge >= 0.3 is 5.97 Å². The number of unbranched alkanes of at least 4 members (excludes halogenated alkanes) is 11. The summed E-state index contributed by atoms with van der Waals surface area (Å²) in [5, 5.41) is 0. The van der Waals surface area contributed by atoms with Crippen LogP contribution < -0.4 is 0 Å². The Hall–Kier alpha value is -0.690. The lowest BCUT2D eigenvalue weighted by Gasteiger charge is -2.08. The van der Waals surface area contributed by atoms with Crippen molar-refractivity contribution in [2.75, 3.05) is 59.5 Å². The topological polar surface area (TPSA) is 63.2 Å². The molecule has 6 nitrogen and oxygen atoms in total. The van der Waals surface area contributed by atoms with Crippen molar-refractivity contribution < 1.29 is 28.5 Å². The molecule has 198 valence electrons. The highest BCUT2D eigenvalue weighted by Gasteiger charge is 2.02. The van der Waals surface area contributed by atoms with Crippen molar-refractivity contribution in [1.82, 2.24) is 0 Å². The molecule has 0 saturated carbocycles. The van der Waals surface area contributed by atoms with Crippen LogP contribution >= 0.6 is 0 Å². The van der Waals surface area contributed by atoms with Gasteiger partial charge < -0.3 is 23.7 Å². The standard InChI is InChI=1S/C27H54O6/c1-3-5-7-9-10-11-13-15-20-33-27(28)17-16-19-30-22-24-32-26-25-31-23-21-29-18-14-12-8-6-4-2/h3-26H2,1-2H3. The van der Waals surface area contributed by atoms with Gasteiger partial charge in [-0.05, 0) is 19.3 Å². The Balaban J connectivity index is 3.12. The van der Waals surface area contributed by atoms with E-state index in [1.54, 1.807) is 0 Å². The molecule has 6 heteroatoms. The zero-order valence-electron chi connectivity index (χ0n) is 21.9. The molecule has 0 aliphatic rings. The van der Waals surface area contributed by atoms with Crippen LogP contribution in [0.15, 0.2) is 0 Å². The Morgan fingerprint density at radius 2 is 0.788 bits per heavy atom. The van der Waals surface area contributed by atoms with Crippen molar-refractivity contribution in [1.29, 1.82) is 0 Å². The fourth-order valence-electron chi connectivity index (χ4n) is 3.38. The Kier molecular flexibility index (Phi) is 28.7. The molecule has 0 fully saturated rings. The summed E-state index contributed by atoms with van der Waals surface area (Å²) in [6.45, 7) is 9.89. The van der Waals surface area contributed by atoms with E-state index in [1.807, 2.05) is 0 Å². The molecule has 0 heterocycles. The van der Waals surface area contributed by atoms with Crippen LogP contribution in [0.4, 0.5) is 0 Å². The molecule has 33 heavy (non-hydrogen) atoms. The lowest BCUT2D eigenvalue weighted by molar-refractivity contribution is -0.144. The fourth-order valence-corrected chi connectivity index (χ4v) is 3.38. The lowest BCUT2D eigenvalue weighted by atomic mass is 10.1. The summed E-state index contributed by atoms with van der Waals surface area (Å²) in [5.41, 5.74) is 0. The van der Waals surface area contributed by atoms with Gasteiger partial charge in [-0.25, -0.2) is 0 Å². The van der Waals surface area contributed by atoms with Crippen LogP contribution in [-0.4, -0.2) is 65.4 Å². The summed E-state index contributed by atoms with van der Waals surface area (Å²) in [7, 11) is 0. The first kappa shape index (κ1) is 32.3. The first-order valence-electron chi connectivity index (χ1n) is 13.8. The fraction of sp³-hybridized carbons (Fsp3) is 0.963. The van der Waals surface area contributed by atoms with E-state index in [0.29, 0.717) is 65.7 Å². The molecular weight excluding hydrogens is 420 g/mol. The maximum atomic E-state index is 11.7. The third-order valence-corrected chi connectivity index (χ3v) is 5.44. The van der Waals surface area contributed by atoms with Crippen LogP contribution in [0, 0.1) is 0 Å². The van der Waals surface area contributed by atoms with Crippen LogP contribution in [0.2, 0.25) is 0 Å². The van der Waals surface area contributed by atoms with Crippen LogP contribution in [-0.2, 0) is 28.5 Å². The molecule has 0 amide bonds. The van der Waals surface area contributed by atoms with Gasteiger partial charge in [0.2, 0.25) is 0 Å². The second kappa shape index (κ2) is 29.3. The maximum absolute atomic E-state index is 11.7. The third-order valence-electron chi connectivity index (χ3n) is 5.44. The number of rotatable bonds is 28. The highest BCUT2D eigenvalue weighted by Crippen LogP contribution is 2.08. The van der Waals surface area contributed by atoms with E-state index in [2.05, 4.69) is 13.8 Å². The van der Waals surface area contributed by atoms with E-state index in [0.717, 1.165) is 25.9 Å². The number of carbonyl (C=O) groups is 1. The van der Waals surface area contributed by atoms with Crippen molar-refractivity contribution in [3.63, 3.8) is 0 Å². The number of hydrogen-bond donors (Lipinski definition) is 0. The molecule has 0 bridgehead atoms. The van der Waals surface area contributed by atoms with E-state index in [-0.39, 0.29) is 5.97 Å². The van der Waals surface area contributed by atoms with Crippen molar-refractivity contribution in [3.05, 3.63) is 0 Å². The summed E-state index contributed by atoms with van der Waals surface area (Å²) >= 11 is 0. The quantitative estimate of drug-likeness (QED) is 0.0954. The van der Waals surface area contributed by atoms with E-state index in [4.69, 9.17) is 23.7 Å². The van der Waals surface area contributed by atoms with E-state index in [9.17, 15) is 4.79 Å². The van der Waals surface area contributed by atoms with Crippen molar-refractivity contribution in [2.24, 2.45) is 0 Å². The predicted octanol–water partition coefficient (Wildman–Crippen LogP) is 6.49. The van der Waals surface area contributed by atoms with Gasteiger partial charge in [0.05, 0.1) is 46.2 Å². The summed E-state index contributed by atoms with van der Waals surface area (Å²) in [4.78, 5) is 11.7. The molecule has 0 aliphatic heterocycles. The third kappa shape index (κ3) is 29.3. The average Bonchev–Trinajstić information content (AvgIpc) is 2.82. The monoisotopic (exact) mass is 474 g/mol. The Labute approximate surface area is 204 Å². The number of esters is 1. The summed E-state index contributed by atoms with van der Waals surface area (Å²) in [6.07, 6.45) is 17.4. The highest BCUT2D eigenvalue weighted by molar-refractivity contribution is 5.69. The number of ether oxygens (including phenoxy) is 5. The minimum absolute atomic E-state index is 0.115. The number of hydrogen-bond acceptors (Lipinski definition) is 6.